The van der Waals surface area contributed by atoms with Gasteiger partial charge in [-0.3, -0.25) is 0 Å². The van der Waals surface area contributed by atoms with Crippen molar-refractivity contribution in [2.45, 2.75) is 19.1 Å². The number of nitrogens with two attached hydrogens (primary N) is 1. The van der Waals surface area contributed by atoms with Gasteiger partial charge in [0.25, 0.3) is 0 Å². The lowest BCUT2D eigenvalue weighted by Gasteiger charge is -2.28. The number of nitrogen functional groups attached to an aromatic ring is 1. The Morgan fingerprint density at radius 2 is 1.86 bits per heavy atom. The third-order valence-electron chi connectivity index (χ3n) is 4.18. The summed E-state index contributed by atoms with van der Waals surface area (Å²) in [7, 11) is 0. The van der Waals surface area contributed by atoms with E-state index in [1.807, 2.05) is 18.2 Å². The van der Waals surface area contributed by atoms with Gasteiger partial charge in [-0.25, -0.2) is 0 Å². The summed E-state index contributed by atoms with van der Waals surface area (Å²) in [5, 5.41) is 0. The topological polar surface area (TPSA) is 38.5 Å². The maximum absolute atomic E-state index is 6.01. The van der Waals surface area contributed by atoms with E-state index < -0.39 is 0 Å². The molecule has 1 atom stereocenters. The SMILES string of the molecule is Cl.Nc1ccc(CN2C=C3c4ccccc4O[C@@H]3CC2)cc1. The molecule has 22 heavy (non-hydrogen) atoms. The number of hydrogen-bond donors (Lipinski definition) is 1. The number of nitrogens with zero attached hydrogens (tertiary/aromatic N) is 1. The predicted molar refractivity (Wildman–Crippen MR) is 92.0 cm³/mol. The Morgan fingerprint density at radius 3 is 2.68 bits per heavy atom. The Morgan fingerprint density at radius 1 is 1.09 bits per heavy atom. The first-order valence-corrected chi connectivity index (χ1v) is 7.36. The Kier molecular flexibility index (Phi) is 3.99. The van der Waals surface area contributed by atoms with Crippen LogP contribution in [0.5, 0.6) is 5.75 Å². The van der Waals surface area contributed by atoms with Crippen LogP contribution in [0.2, 0.25) is 0 Å². The standard InChI is InChI=1S/C18H18N2O.ClH/c19-14-7-5-13(6-8-14)11-20-10-9-18-16(12-20)15-3-1-2-4-17(15)21-18;/h1-8,12,18H,9-11,19H2;1H/t18-;/m1./s1. The number of para-hydroxylation sites is 1. The van der Waals surface area contributed by atoms with Crippen LogP contribution in [-0.4, -0.2) is 17.5 Å². The second kappa shape index (κ2) is 5.93. The van der Waals surface area contributed by atoms with Crippen molar-refractivity contribution < 1.29 is 4.74 Å². The minimum atomic E-state index is 0. The van der Waals surface area contributed by atoms with E-state index in [0.717, 1.165) is 30.9 Å². The molecule has 3 nitrogen and oxygen atoms in total. The number of fused-ring (bicyclic) bond motifs is 3. The number of ether oxygens (including phenoxy) is 1. The van der Waals surface area contributed by atoms with Crippen LogP contribution >= 0.6 is 12.4 Å². The molecule has 0 saturated heterocycles. The largest absolute Gasteiger partial charge is 0.485 e. The normalized spacial score (nSPS) is 18.6. The van der Waals surface area contributed by atoms with Crippen molar-refractivity contribution in [2.75, 3.05) is 12.3 Å². The molecule has 0 fully saturated rings. The zero-order valence-electron chi connectivity index (χ0n) is 12.2. The zero-order valence-corrected chi connectivity index (χ0v) is 13.1. The minimum absolute atomic E-state index is 0. The van der Waals surface area contributed by atoms with Gasteiger partial charge in [0.05, 0.1) is 0 Å². The molecule has 0 saturated carbocycles. The van der Waals surface area contributed by atoms with E-state index in [1.54, 1.807) is 0 Å². The number of rotatable bonds is 2. The fraction of sp³-hybridized carbons (Fsp3) is 0.222. The molecule has 0 radical (unpaired) electrons. The second-order valence-corrected chi connectivity index (χ2v) is 5.69. The lowest BCUT2D eigenvalue weighted by atomic mass is 9.98. The summed E-state index contributed by atoms with van der Waals surface area (Å²) in [4.78, 5) is 2.36. The molecular weight excluding hydrogens is 296 g/mol. The number of halogens is 1. The van der Waals surface area contributed by atoms with E-state index in [4.69, 9.17) is 10.5 Å². The van der Waals surface area contributed by atoms with Gasteiger partial charge in [-0.1, -0.05) is 30.3 Å². The summed E-state index contributed by atoms with van der Waals surface area (Å²) in [6, 6.07) is 16.4. The van der Waals surface area contributed by atoms with Gasteiger partial charge in [0.1, 0.15) is 11.9 Å². The van der Waals surface area contributed by atoms with Gasteiger partial charge in [0, 0.05) is 42.5 Å². The highest BCUT2D eigenvalue weighted by atomic mass is 35.5. The first-order valence-electron chi connectivity index (χ1n) is 7.36. The van der Waals surface area contributed by atoms with Crippen molar-refractivity contribution in [3.63, 3.8) is 0 Å². The molecule has 4 heteroatoms. The van der Waals surface area contributed by atoms with Gasteiger partial charge in [-0.2, -0.15) is 0 Å². The number of anilines is 1. The van der Waals surface area contributed by atoms with Crippen LogP contribution in [-0.2, 0) is 6.54 Å². The lowest BCUT2D eigenvalue weighted by molar-refractivity contribution is 0.221. The summed E-state index contributed by atoms with van der Waals surface area (Å²) < 4.78 is 6.01. The molecule has 0 unspecified atom stereocenters. The third kappa shape index (κ3) is 2.64. The highest BCUT2D eigenvalue weighted by Crippen LogP contribution is 2.40. The Labute approximate surface area is 136 Å². The van der Waals surface area contributed by atoms with Crippen molar-refractivity contribution >= 4 is 23.7 Å². The molecule has 2 aromatic rings. The lowest BCUT2D eigenvalue weighted by Crippen LogP contribution is -2.29. The maximum Gasteiger partial charge on any atom is 0.128 e. The highest BCUT2D eigenvalue weighted by molar-refractivity contribution is 5.85. The van der Waals surface area contributed by atoms with E-state index in [9.17, 15) is 0 Å². The monoisotopic (exact) mass is 314 g/mol. The summed E-state index contributed by atoms with van der Waals surface area (Å²) in [5.74, 6) is 1.02. The van der Waals surface area contributed by atoms with Gasteiger partial charge in [-0.05, 0) is 23.8 Å². The molecule has 114 valence electrons. The summed E-state index contributed by atoms with van der Waals surface area (Å²) in [5.41, 5.74) is 10.4. The molecule has 4 rings (SSSR count). The fourth-order valence-corrected chi connectivity index (χ4v) is 3.09. The first-order chi connectivity index (χ1) is 10.3. The summed E-state index contributed by atoms with van der Waals surface area (Å²) >= 11 is 0. The molecule has 0 aromatic heterocycles. The van der Waals surface area contributed by atoms with Gasteiger partial charge >= 0.3 is 0 Å². The average Bonchev–Trinajstić information content (AvgIpc) is 2.88. The van der Waals surface area contributed by atoms with Crippen LogP contribution in [0.25, 0.3) is 5.57 Å². The quantitative estimate of drug-likeness (QED) is 0.859. The summed E-state index contributed by atoms with van der Waals surface area (Å²) in [6.07, 6.45) is 3.52. The molecule has 2 N–H and O–H groups in total. The molecule has 2 aliphatic heterocycles. The third-order valence-corrected chi connectivity index (χ3v) is 4.18. The van der Waals surface area contributed by atoms with Crippen LogP contribution < -0.4 is 10.5 Å². The van der Waals surface area contributed by atoms with Gasteiger partial charge < -0.3 is 15.4 Å². The van der Waals surface area contributed by atoms with Crippen molar-refractivity contribution in [3.8, 4) is 5.75 Å². The van der Waals surface area contributed by atoms with E-state index in [0.29, 0.717) is 0 Å². The fourth-order valence-electron chi connectivity index (χ4n) is 3.09. The first kappa shape index (κ1) is 14.8. The van der Waals surface area contributed by atoms with Crippen molar-refractivity contribution in [1.82, 2.24) is 4.90 Å². The van der Waals surface area contributed by atoms with E-state index >= 15 is 0 Å². The Bertz CT molecular complexity index is 696. The smallest absolute Gasteiger partial charge is 0.128 e. The van der Waals surface area contributed by atoms with Crippen LogP contribution in [0.1, 0.15) is 17.5 Å². The molecule has 2 heterocycles. The van der Waals surface area contributed by atoms with Crippen LogP contribution in [0.4, 0.5) is 5.69 Å². The highest BCUT2D eigenvalue weighted by Gasteiger charge is 2.31. The zero-order chi connectivity index (χ0) is 14.2. The number of hydrogen-bond acceptors (Lipinski definition) is 3. The van der Waals surface area contributed by atoms with Crippen LogP contribution in [0, 0.1) is 0 Å². The molecule has 0 spiro atoms. The van der Waals surface area contributed by atoms with Crippen molar-refractivity contribution in [3.05, 3.63) is 65.9 Å². The van der Waals surface area contributed by atoms with Crippen molar-refractivity contribution in [1.29, 1.82) is 0 Å². The van der Waals surface area contributed by atoms with Crippen LogP contribution in [0.15, 0.2) is 54.7 Å². The molecule has 0 bridgehead atoms. The van der Waals surface area contributed by atoms with E-state index in [-0.39, 0.29) is 18.5 Å². The van der Waals surface area contributed by atoms with Gasteiger partial charge in [0.2, 0.25) is 0 Å². The van der Waals surface area contributed by atoms with E-state index in [2.05, 4.69) is 41.4 Å². The van der Waals surface area contributed by atoms with Gasteiger partial charge in [-0.15, -0.1) is 12.4 Å². The van der Waals surface area contributed by atoms with Crippen LogP contribution in [0.3, 0.4) is 0 Å². The summed E-state index contributed by atoms with van der Waals surface area (Å²) in [6.45, 7) is 1.94. The molecule has 2 aliphatic rings. The minimum Gasteiger partial charge on any atom is -0.485 e. The Hall–Kier alpha value is -2.13. The molecule has 0 amide bonds. The molecule has 2 aromatic carbocycles. The Balaban J connectivity index is 0.00000144. The number of benzene rings is 2. The average molecular weight is 315 g/mol. The maximum atomic E-state index is 6.01. The van der Waals surface area contributed by atoms with Gasteiger partial charge in [0.15, 0.2) is 0 Å². The van der Waals surface area contributed by atoms with E-state index in [1.165, 1.54) is 16.7 Å². The predicted octanol–water partition coefficient (Wildman–Crippen LogP) is 3.70. The molecule has 0 aliphatic carbocycles. The second-order valence-electron chi connectivity index (χ2n) is 5.69. The molecular formula is C18H19ClN2O. The van der Waals surface area contributed by atoms with Crippen molar-refractivity contribution in [2.24, 2.45) is 0 Å².